The van der Waals surface area contributed by atoms with E-state index in [1.165, 1.54) is 13.3 Å². The van der Waals surface area contributed by atoms with E-state index in [2.05, 4.69) is 15.8 Å². The van der Waals surface area contributed by atoms with Crippen LogP contribution in [0.4, 0.5) is 5.69 Å². The van der Waals surface area contributed by atoms with Crippen LogP contribution >= 0.6 is 0 Å². The van der Waals surface area contributed by atoms with Gasteiger partial charge < -0.3 is 19.5 Å². The monoisotopic (exact) mass is 433 g/mol. The van der Waals surface area contributed by atoms with Crippen LogP contribution < -0.4 is 25.0 Å². The molecule has 0 atom stereocenters. The fraction of sp³-hybridized carbons (Fsp3) is 0.125. The van der Waals surface area contributed by atoms with Crippen molar-refractivity contribution in [2.75, 3.05) is 19.5 Å². The Morgan fingerprint density at radius 1 is 0.875 bits per heavy atom. The minimum Gasteiger partial charge on any atom is -0.497 e. The number of ether oxygens (including phenoxy) is 3. The van der Waals surface area contributed by atoms with Gasteiger partial charge in [0.15, 0.2) is 11.5 Å². The first-order chi connectivity index (χ1) is 15.6. The largest absolute Gasteiger partial charge is 0.497 e. The Kier molecular flexibility index (Phi) is 7.80. The van der Waals surface area contributed by atoms with E-state index in [0.29, 0.717) is 35.1 Å². The summed E-state index contributed by atoms with van der Waals surface area (Å²) in [6, 6.07) is 21.6. The van der Waals surface area contributed by atoms with Crippen LogP contribution in [-0.4, -0.2) is 32.2 Å². The molecule has 0 bridgehead atoms. The highest BCUT2D eigenvalue weighted by Gasteiger charge is 2.13. The van der Waals surface area contributed by atoms with Crippen molar-refractivity contribution in [3.63, 3.8) is 0 Å². The molecule has 32 heavy (non-hydrogen) atoms. The van der Waals surface area contributed by atoms with Crippen molar-refractivity contribution in [2.45, 2.75) is 6.61 Å². The van der Waals surface area contributed by atoms with Gasteiger partial charge in [-0.3, -0.25) is 9.59 Å². The molecule has 0 radical (unpaired) electrons. The van der Waals surface area contributed by atoms with Crippen LogP contribution in [0.5, 0.6) is 17.2 Å². The van der Waals surface area contributed by atoms with Crippen molar-refractivity contribution >= 4 is 23.7 Å². The van der Waals surface area contributed by atoms with E-state index in [4.69, 9.17) is 14.2 Å². The molecule has 0 aliphatic rings. The Hall–Kier alpha value is -4.33. The van der Waals surface area contributed by atoms with E-state index in [1.807, 2.05) is 30.3 Å². The number of benzene rings is 3. The average molecular weight is 433 g/mol. The zero-order valence-corrected chi connectivity index (χ0v) is 17.7. The van der Waals surface area contributed by atoms with Gasteiger partial charge in [-0.25, -0.2) is 5.43 Å². The lowest BCUT2D eigenvalue weighted by Gasteiger charge is -2.11. The van der Waals surface area contributed by atoms with Gasteiger partial charge in [-0.15, -0.1) is 0 Å². The first-order valence-electron chi connectivity index (χ1n) is 9.72. The van der Waals surface area contributed by atoms with Gasteiger partial charge in [0.25, 0.3) is 0 Å². The summed E-state index contributed by atoms with van der Waals surface area (Å²) < 4.78 is 16.2. The van der Waals surface area contributed by atoms with Gasteiger partial charge in [-0.2, -0.15) is 5.10 Å². The van der Waals surface area contributed by atoms with Gasteiger partial charge in [-0.1, -0.05) is 30.3 Å². The number of carbonyl (C=O) groups excluding carboxylic acids is 2. The zero-order chi connectivity index (χ0) is 22.8. The third-order valence-electron chi connectivity index (χ3n) is 4.36. The summed E-state index contributed by atoms with van der Waals surface area (Å²) in [7, 11) is 3.08. The molecule has 0 spiro atoms. The van der Waals surface area contributed by atoms with Gasteiger partial charge in [-0.05, 0) is 53.6 Å². The normalized spacial score (nSPS) is 10.4. The van der Waals surface area contributed by atoms with Crippen molar-refractivity contribution in [2.24, 2.45) is 5.10 Å². The number of nitrogens with zero attached hydrogens (tertiary/aromatic N) is 1. The molecule has 0 aromatic heterocycles. The van der Waals surface area contributed by atoms with Gasteiger partial charge in [0.2, 0.25) is 0 Å². The van der Waals surface area contributed by atoms with E-state index in [9.17, 15) is 9.59 Å². The lowest BCUT2D eigenvalue weighted by Crippen LogP contribution is -2.32. The number of methoxy groups -OCH3 is 2. The van der Waals surface area contributed by atoms with Crippen LogP contribution in [0.3, 0.4) is 0 Å². The Bertz CT molecular complexity index is 1080. The number of nitrogens with one attached hydrogen (secondary N) is 2. The molecular weight excluding hydrogens is 410 g/mol. The highest BCUT2D eigenvalue weighted by molar-refractivity contribution is 6.39. The molecule has 8 nitrogen and oxygen atoms in total. The molecule has 2 N–H and O–H groups in total. The highest BCUT2D eigenvalue weighted by Crippen LogP contribution is 2.28. The van der Waals surface area contributed by atoms with Gasteiger partial charge in [0, 0.05) is 5.69 Å². The second-order valence-electron chi connectivity index (χ2n) is 6.57. The molecule has 3 rings (SSSR count). The van der Waals surface area contributed by atoms with Crippen LogP contribution in [0.1, 0.15) is 11.1 Å². The van der Waals surface area contributed by atoms with Crippen LogP contribution in [0.2, 0.25) is 0 Å². The molecule has 0 fully saturated rings. The summed E-state index contributed by atoms with van der Waals surface area (Å²) in [4.78, 5) is 23.9. The fourth-order valence-electron chi connectivity index (χ4n) is 2.70. The van der Waals surface area contributed by atoms with E-state index in [-0.39, 0.29) is 0 Å². The number of carbonyl (C=O) groups is 2. The number of amides is 2. The van der Waals surface area contributed by atoms with Crippen molar-refractivity contribution in [3.8, 4) is 17.2 Å². The van der Waals surface area contributed by atoms with E-state index >= 15 is 0 Å². The zero-order valence-electron chi connectivity index (χ0n) is 17.7. The lowest BCUT2D eigenvalue weighted by atomic mass is 10.2. The molecule has 0 aliphatic heterocycles. The second-order valence-corrected chi connectivity index (χ2v) is 6.57. The van der Waals surface area contributed by atoms with Crippen LogP contribution in [0.25, 0.3) is 0 Å². The maximum Gasteiger partial charge on any atom is 0.329 e. The first-order valence-corrected chi connectivity index (χ1v) is 9.72. The SMILES string of the molecule is COc1ccc(NC(=O)C(=O)N/N=C/c2ccc(OCc3ccccc3)c(OC)c2)cc1. The molecule has 0 saturated carbocycles. The number of rotatable bonds is 8. The summed E-state index contributed by atoms with van der Waals surface area (Å²) in [6.07, 6.45) is 1.40. The van der Waals surface area contributed by atoms with Crippen molar-refractivity contribution < 1.29 is 23.8 Å². The molecule has 8 heteroatoms. The molecule has 0 aliphatic carbocycles. The summed E-state index contributed by atoms with van der Waals surface area (Å²) in [6.45, 7) is 0.407. The quantitative estimate of drug-likeness (QED) is 0.322. The van der Waals surface area contributed by atoms with Crippen molar-refractivity contribution in [1.29, 1.82) is 0 Å². The minimum absolute atomic E-state index is 0.407. The molecule has 0 unspecified atom stereocenters. The second kappa shape index (κ2) is 11.2. The average Bonchev–Trinajstić information content (AvgIpc) is 2.84. The Balaban J connectivity index is 1.54. The molecule has 0 saturated heterocycles. The molecule has 0 heterocycles. The van der Waals surface area contributed by atoms with Gasteiger partial charge >= 0.3 is 11.8 Å². The lowest BCUT2D eigenvalue weighted by molar-refractivity contribution is -0.136. The number of hydrazone groups is 1. The van der Waals surface area contributed by atoms with Crippen LogP contribution in [0.15, 0.2) is 77.9 Å². The van der Waals surface area contributed by atoms with Crippen LogP contribution in [0, 0.1) is 0 Å². The Morgan fingerprint density at radius 3 is 2.31 bits per heavy atom. The number of hydrogen-bond acceptors (Lipinski definition) is 6. The standard InChI is InChI=1S/C24H23N3O5/c1-30-20-11-9-19(10-12-20)26-23(28)24(29)27-25-15-18-8-13-21(22(14-18)31-2)32-16-17-6-4-3-5-7-17/h3-15H,16H2,1-2H3,(H,26,28)(H,27,29)/b25-15+. The maximum atomic E-state index is 12.0. The molecular formula is C24H23N3O5. The minimum atomic E-state index is -0.896. The summed E-state index contributed by atoms with van der Waals surface area (Å²) in [5.41, 5.74) is 4.35. The predicted octanol–water partition coefficient (Wildman–Crippen LogP) is 3.37. The fourth-order valence-corrected chi connectivity index (χ4v) is 2.70. The molecule has 2 amide bonds. The smallest absolute Gasteiger partial charge is 0.329 e. The summed E-state index contributed by atoms with van der Waals surface area (Å²) in [5.74, 6) is 0.00947. The molecule has 164 valence electrons. The maximum absolute atomic E-state index is 12.0. The number of hydrogen-bond donors (Lipinski definition) is 2. The molecule has 3 aromatic carbocycles. The Labute approximate surface area is 185 Å². The van der Waals surface area contributed by atoms with Gasteiger partial charge in [0.05, 0.1) is 20.4 Å². The third kappa shape index (κ3) is 6.33. The van der Waals surface area contributed by atoms with Crippen LogP contribution in [-0.2, 0) is 16.2 Å². The third-order valence-corrected chi connectivity index (χ3v) is 4.36. The number of anilines is 1. The highest BCUT2D eigenvalue weighted by atomic mass is 16.5. The first kappa shape index (κ1) is 22.4. The van der Waals surface area contributed by atoms with Crippen molar-refractivity contribution in [1.82, 2.24) is 5.43 Å². The summed E-state index contributed by atoms with van der Waals surface area (Å²) in [5, 5.41) is 6.31. The van der Waals surface area contributed by atoms with Crippen molar-refractivity contribution in [3.05, 3.63) is 83.9 Å². The molecule has 3 aromatic rings. The Morgan fingerprint density at radius 2 is 1.62 bits per heavy atom. The van der Waals surface area contributed by atoms with E-state index in [0.717, 1.165) is 5.56 Å². The van der Waals surface area contributed by atoms with E-state index < -0.39 is 11.8 Å². The van der Waals surface area contributed by atoms with E-state index in [1.54, 1.807) is 49.6 Å². The topological polar surface area (TPSA) is 98.2 Å². The predicted molar refractivity (Wildman–Crippen MR) is 121 cm³/mol. The van der Waals surface area contributed by atoms with Gasteiger partial charge in [0.1, 0.15) is 12.4 Å². The summed E-state index contributed by atoms with van der Waals surface area (Å²) >= 11 is 0.